The van der Waals surface area contributed by atoms with Gasteiger partial charge in [0.05, 0.1) is 5.54 Å². The second-order valence-electron chi connectivity index (χ2n) is 7.43. The zero-order valence-electron chi connectivity index (χ0n) is 13.4. The molecule has 0 aromatic carbocycles. The molecule has 1 amide bonds. The number of rotatable bonds is 6. The highest BCUT2D eigenvalue weighted by Crippen LogP contribution is 2.31. The summed E-state index contributed by atoms with van der Waals surface area (Å²) in [5.41, 5.74) is 5.37. The summed E-state index contributed by atoms with van der Waals surface area (Å²) in [6.07, 6.45) is 1.98. The van der Waals surface area contributed by atoms with Crippen LogP contribution in [0.2, 0.25) is 0 Å². The van der Waals surface area contributed by atoms with Crippen molar-refractivity contribution in [3.63, 3.8) is 0 Å². The second-order valence-corrected chi connectivity index (χ2v) is 7.43. The Morgan fingerprint density at radius 3 is 2.37 bits per heavy atom. The summed E-state index contributed by atoms with van der Waals surface area (Å²) in [5, 5.41) is 3.33. The third-order valence-corrected chi connectivity index (χ3v) is 4.18. The van der Waals surface area contributed by atoms with Crippen LogP contribution in [0, 0.1) is 5.41 Å². The van der Waals surface area contributed by atoms with Gasteiger partial charge < -0.3 is 16.0 Å². The van der Waals surface area contributed by atoms with Crippen LogP contribution in [0.5, 0.6) is 0 Å². The summed E-state index contributed by atoms with van der Waals surface area (Å²) in [4.78, 5) is 14.3. The van der Waals surface area contributed by atoms with Crippen LogP contribution in [0.25, 0.3) is 0 Å². The number of carbonyl (C=O) groups excluding carboxylic acids is 1. The lowest BCUT2D eigenvalue weighted by Gasteiger charge is -2.36. The van der Waals surface area contributed by atoms with Gasteiger partial charge in [0.1, 0.15) is 0 Å². The topological polar surface area (TPSA) is 58.4 Å². The SMILES string of the molecule is CC(C)NC(C)(CC(C)N1CCC(C)(C)C1)C(N)=O. The van der Waals surface area contributed by atoms with Crippen molar-refractivity contribution in [2.45, 2.75) is 72.0 Å². The van der Waals surface area contributed by atoms with Crippen LogP contribution in [0.3, 0.4) is 0 Å². The van der Waals surface area contributed by atoms with Crippen LogP contribution in [-0.2, 0) is 4.79 Å². The van der Waals surface area contributed by atoms with Gasteiger partial charge >= 0.3 is 0 Å². The van der Waals surface area contributed by atoms with Gasteiger partial charge in [0.15, 0.2) is 0 Å². The molecule has 0 aliphatic carbocycles. The van der Waals surface area contributed by atoms with Gasteiger partial charge in [0.25, 0.3) is 0 Å². The molecule has 0 saturated carbocycles. The van der Waals surface area contributed by atoms with Crippen molar-refractivity contribution in [3.8, 4) is 0 Å². The minimum absolute atomic E-state index is 0.250. The highest BCUT2D eigenvalue weighted by atomic mass is 16.1. The Bertz CT molecular complexity index is 327. The second kappa shape index (κ2) is 5.80. The van der Waals surface area contributed by atoms with Crippen molar-refractivity contribution < 1.29 is 4.79 Å². The van der Waals surface area contributed by atoms with Gasteiger partial charge in [0, 0.05) is 18.6 Å². The molecular weight excluding hydrogens is 238 g/mol. The molecule has 2 atom stereocenters. The van der Waals surface area contributed by atoms with Gasteiger partial charge in [-0.3, -0.25) is 4.79 Å². The third kappa shape index (κ3) is 4.46. The van der Waals surface area contributed by atoms with Gasteiger partial charge in [-0.25, -0.2) is 0 Å². The molecule has 4 heteroatoms. The number of nitrogens with two attached hydrogens (primary N) is 1. The molecule has 0 bridgehead atoms. The molecule has 0 spiro atoms. The van der Waals surface area contributed by atoms with Crippen molar-refractivity contribution in [2.75, 3.05) is 13.1 Å². The van der Waals surface area contributed by atoms with Crippen LogP contribution in [0.15, 0.2) is 0 Å². The van der Waals surface area contributed by atoms with Gasteiger partial charge in [-0.05, 0) is 52.5 Å². The Balaban J connectivity index is 2.67. The lowest BCUT2D eigenvalue weighted by Crippen LogP contribution is -2.58. The quantitative estimate of drug-likeness (QED) is 0.772. The normalized spacial score (nSPS) is 24.4. The highest BCUT2D eigenvalue weighted by Gasteiger charge is 2.38. The summed E-state index contributed by atoms with van der Waals surface area (Å²) < 4.78 is 0. The van der Waals surface area contributed by atoms with Crippen LogP contribution in [-0.4, -0.2) is 41.5 Å². The summed E-state index contributed by atoms with van der Waals surface area (Å²) in [6.45, 7) is 15.0. The predicted octanol–water partition coefficient (Wildman–Crippen LogP) is 1.74. The molecule has 19 heavy (non-hydrogen) atoms. The van der Waals surface area contributed by atoms with Gasteiger partial charge in [0.2, 0.25) is 5.91 Å². The van der Waals surface area contributed by atoms with Crippen molar-refractivity contribution in [1.82, 2.24) is 10.2 Å². The van der Waals surface area contributed by atoms with E-state index in [1.807, 2.05) is 20.8 Å². The van der Waals surface area contributed by atoms with E-state index in [-0.39, 0.29) is 11.9 Å². The maximum absolute atomic E-state index is 11.8. The molecule has 1 rings (SSSR count). The molecule has 0 aromatic rings. The molecule has 0 aromatic heterocycles. The fourth-order valence-electron chi connectivity index (χ4n) is 3.12. The molecule has 1 heterocycles. The van der Waals surface area contributed by atoms with Crippen molar-refractivity contribution >= 4 is 5.91 Å². The van der Waals surface area contributed by atoms with Crippen molar-refractivity contribution in [2.24, 2.45) is 11.1 Å². The first-order valence-electron chi connectivity index (χ1n) is 7.37. The maximum atomic E-state index is 11.8. The fraction of sp³-hybridized carbons (Fsp3) is 0.933. The van der Waals surface area contributed by atoms with E-state index in [1.54, 1.807) is 0 Å². The smallest absolute Gasteiger partial charge is 0.237 e. The number of hydrogen-bond acceptors (Lipinski definition) is 3. The number of primary amides is 1. The zero-order valence-corrected chi connectivity index (χ0v) is 13.4. The van der Waals surface area contributed by atoms with E-state index in [0.29, 0.717) is 11.5 Å². The number of nitrogens with one attached hydrogen (secondary N) is 1. The third-order valence-electron chi connectivity index (χ3n) is 4.18. The van der Waals surface area contributed by atoms with E-state index in [1.165, 1.54) is 6.42 Å². The average molecular weight is 269 g/mol. The number of hydrogen-bond donors (Lipinski definition) is 2. The summed E-state index contributed by atoms with van der Waals surface area (Å²) in [7, 11) is 0. The molecule has 112 valence electrons. The molecular formula is C15H31N3O. The molecule has 1 aliphatic heterocycles. The lowest BCUT2D eigenvalue weighted by molar-refractivity contribution is -0.124. The maximum Gasteiger partial charge on any atom is 0.237 e. The Kier molecular flexibility index (Phi) is 5.02. The monoisotopic (exact) mass is 269 g/mol. The van der Waals surface area contributed by atoms with Gasteiger partial charge in [-0.1, -0.05) is 13.8 Å². The first-order chi connectivity index (χ1) is 8.56. The Labute approximate surface area is 118 Å². The Morgan fingerprint density at radius 2 is 2.00 bits per heavy atom. The van der Waals surface area contributed by atoms with Crippen LogP contribution in [0.4, 0.5) is 0 Å². The summed E-state index contributed by atoms with van der Waals surface area (Å²) in [6, 6.07) is 0.616. The van der Waals surface area contributed by atoms with E-state index in [2.05, 4.69) is 31.0 Å². The van der Waals surface area contributed by atoms with E-state index >= 15 is 0 Å². The van der Waals surface area contributed by atoms with E-state index in [9.17, 15) is 4.79 Å². The molecule has 1 saturated heterocycles. The number of amides is 1. The number of nitrogens with zero attached hydrogens (tertiary/aromatic N) is 1. The largest absolute Gasteiger partial charge is 0.368 e. The highest BCUT2D eigenvalue weighted by molar-refractivity contribution is 5.84. The number of carbonyl (C=O) groups is 1. The molecule has 1 fully saturated rings. The fourth-order valence-corrected chi connectivity index (χ4v) is 3.12. The van der Waals surface area contributed by atoms with Crippen LogP contribution < -0.4 is 11.1 Å². The molecule has 4 nitrogen and oxygen atoms in total. The minimum atomic E-state index is -0.625. The number of likely N-dealkylation sites (tertiary alicyclic amines) is 1. The summed E-state index contributed by atoms with van der Waals surface area (Å²) in [5.74, 6) is -0.258. The van der Waals surface area contributed by atoms with Crippen molar-refractivity contribution in [3.05, 3.63) is 0 Å². The Hall–Kier alpha value is -0.610. The van der Waals surface area contributed by atoms with E-state index in [4.69, 9.17) is 5.73 Å². The van der Waals surface area contributed by atoms with Crippen LogP contribution in [0.1, 0.15) is 54.4 Å². The molecule has 3 N–H and O–H groups in total. The van der Waals surface area contributed by atoms with Gasteiger partial charge in [-0.2, -0.15) is 0 Å². The van der Waals surface area contributed by atoms with Gasteiger partial charge in [-0.15, -0.1) is 0 Å². The summed E-state index contributed by atoms with van der Waals surface area (Å²) >= 11 is 0. The van der Waals surface area contributed by atoms with E-state index in [0.717, 1.165) is 19.5 Å². The van der Waals surface area contributed by atoms with Crippen molar-refractivity contribution in [1.29, 1.82) is 0 Å². The standard InChI is InChI=1S/C15H31N3O/c1-11(2)17-15(6,13(16)19)9-12(3)18-8-7-14(4,5)10-18/h11-12,17H,7-10H2,1-6H3,(H2,16,19). The zero-order chi connectivity index (χ0) is 14.8. The Morgan fingerprint density at radius 1 is 1.42 bits per heavy atom. The molecule has 1 aliphatic rings. The van der Waals surface area contributed by atoms with E-state index < -0.39 is 5.54 Å². The lowest BCUT2D eigenvalue weighted by atomic mass is 9.90. The predicted molar refractivity (Wildman–Crippen MR) is 79.9 cm³/mol. The minimum Gasteiger partial charge on any atom is -0.368 e. The molecule has 2 unspecified atom stereocenters. The van der Waals surface area contributed by atoms with Crippen LogP contribution >= 0.6 is 0 Å². The first-order valence-corrected chi connectivity index (χ1v) is 7.37. The first kappa shape index (κ1) is 16.4. The molecule has 0 radical (unpaired) electrons. The average Bonchev–Trinajstić information content (AvgIpc) is 2.57.